The number of rotatable bonds is 9. The molecule has 0 atom stereocenters. The Hall–Kier alpha value is -0.970. The summed E-state index contributed by atoms with van der Waals surface area (Å²) in [5, 5.41) is 3.37. The van der Waals surface area contributed by atoms with Gasteiger partial charge >= 0.3 is 0 Å². The predicted molar refractivity (Wildman–Crippen MR) is 74.4 cm³/mol. The monoisotopic (exact) mass is 251 g/mol. The lowest BCUT2D eigenvalue weighted by atomic mass is 10.2. The zero-order valence-corrected chi connectivity index (χ0v) is 11.8. The van der Waals surface area contributed by atoms with Gasteiger partial charge in [-0.2, -0.15) is 0 Å². The molecule has 0 aromatic carbocycles. The van der Waals surface area contributed by atoms with E-state index in [-0.39, 0.29) is 0 Å². The lowest BCUT2D eigenvalue weighted by molar-refractivity contribution is 0.158. The molecule has 18 heavy (non-hydrogen) atoms. The average Bonchev–Trinajstić information content (AvgIpc) is 2.39. The molecule has 1 aromatic heterocycles. The highest BCUT2D eigenvalue weighted by Crippen LogP contribution is 2.03. The van der Waals surface area contributed by atoms with E-state index in [1.807, 2.05) is 6.20 Å². The van der Waals surface area contributed by atoms with E-state index in [2.05, 4.69) is 41.3 Å². The fourth-order valence-corrected chi connectivity index (χ4v) is 1.67. The number of methoxy groups -OCH3 is 1. The van der Waals surface area contributed by atoms with Crippen molar-refractivity contribution < 1.29 is 4.74 Å². The lowest BCUT2D eigenvalue weighted by Gasteiger charge is -2.15. The number of pyridine rings is 1. The molecule has 0 radical (unpaired) electrons. The average molecular weight is 251 g/mol. The summed E-state index contributed by atoms with van der Waals surface area (Å²) < 4.78 is 5.05. The van der Waals surface area contributed by atoms with Crippen LogP contribution in [0.25, 0.3) is 0 Å². The van der Waals surface area contributed by atoms with Crippen molar-refractivity contribution in [2.75, 3.05) is 33.9 Å². The topological polar surface area (TPSA) is 37.4 Å². The first-order valence-corrected chi connectivity index (χ1v) is 6.58. The van der Waals surface area contributed by atoms with Crippen molar-refractivity contribution in [3.05, 3.63) is 29.6 Å². The van der Waals surface area contributed by atoms with Gasteiger partial charge in [-0.05, 0) is 31.6 Å². The van der Waals surface area contributed by atoms with Crippen LogP contribution in [-0.4, -0.2) is 43.7 Å². The molecule has 0 saturated heterocycles. The zero-order chi connectivity index (χ0) is 13.2. The third-order valence-corrected chi connectivity index (χ3v) is 2.75. The maximum Gasteiger partial charge on any atom is 0.0589 e. The van der Waals surface area contributed by atoms with Crippen LogP contribution in [0.2, 0.25) is 0 Å². The second-order valence-electron chi connectivity index (χ2n) is 4.57. The van der Waals surface area contributed by atoms with E-state index in [0.717, 1.165) is 44.9 Å². The van der Waals surface area contributed by atoms with Gasteiger partial charge in [0.05, 0.1) is 12.3 Å². The molecule has 0 aliphatic rings. The van der Waals surface area contributed by atoms with Crippen LogP contribution < -0.4 is 5.32 Å². The molecule has 0 bridgehead atoms. The van der Waals surface area contributed by atoms with Gasteiger partial charge in [0.2, 0.25) is 0 Å². The van der Waals surface area contributed by atoms with Gasteiger partial charge in [-0.15, -0.1) is 0 Å². The van der Waals surface area contributed by atoms with Gasteiger partial charge in [-0.3, -0.25) is 9.88 Å². The Bertz CT molecular complexity index is 313. The second kappa shape index (κ2) is 9.03. The van der Waals surface area contributed by atoms with Crippen molar-refractivity contribution >= 4 is 0 Å². The SMILES string of the molecule is CCCNCc1ccc(CN(C)CCOC)nc1. The first-order valence-electron chi connectivity index (χ1n) is 6.58. The van der Waals surface area contributed by atoms with E-state index in [0.29, 0.717) is 0 Å². The highest BCUT2D eigenvalue weighted by molar-refractivity contribution is 5.13. The summed E-state index contributed by atoms with van der Waals surface area (Å²) in [7, 11) is 3.81. The van der Waals surface area contributed by atoms with E-state index in [1.54, 1.807) is 7.11 Å². The fourth-order valence-electron chi connectivity index (χ4n) is 1.67. The first-order chi connectivity index (χ1) is 8.76. The Morgan fingerprint density at radius 3 is 2.83 bits per heavy atom. The van der Waals surface area contributed by atoms with Crippen LogP contribution in [0.15, 0.2) is 18.3 Å². The quantitative estimate of drug-likeness (QED) is 0.677. The molecule has 0 unspecified atom stereocenters. The van der Waals surface area contributed by atoms with Crippen LogP contribution in [0.5, 0.6) is 0 Å². The van der Waals surface area contributed by atoms with Crippen LogP contribution in [0.4, 0.5) is 0 Å². The molecule has 1 heterocycles. The van der Waals surface area contributed by atoms with E-state index >= 15 is 0 Å². The maximum absolute atomic E-state index is 5.05. The third-order valence-electron chi connectivity index (χ3n) is 2.75. The minimum atomic E-state index is 0.759. The molecule has 0 amide bonds. The van der Waals surface area contributed by atoms with E-state index in [4.69, 9.17) is 4.74 Å². The molecule has 1 rings (SSSR count). The second-order valence-corrected chi connectivity index (χ2v) is 4.57. The van der Waals surface area contributed by atoms with Crippen LogP contribution in [-0.2, 0) is 17.8 Å². The summed E-state index contributed by atoms with van der Waals surface area (Å²) in [5.74, 6) is 0. The number of nitrogens with zero attached hydrogens (tertiary/aromatic N) is 2. The van der Waals surface area contributed by atoms with Crippen molar-refractivity contribution in [3.63, 3.8) is 0 Å². The Balaban J connectivity index is 2.35. The van der Waals surface area contributed by atoms with Gasteiger partial charge in [0.25, 0.3) is 0 Å². The Labute approximate surface area is 110 Å². The molecule has 1 aromatic rings. The van der Waals surface area contributed by atoms with Crippen molar-refractivity contribution in [3.8, 4) is 0 Å². The summed E-state index contributed by atoms with van der Waals surface area (Å²) in [6.45, 7) is 6.69. The van der Waals surface area contributed by atoms with Crippen LogP contribution >= 0.6 is 0 Å². The first kappa shape index (κ1) is 15.1. The number of likely N-dealkylation sites (N-methyl/N-ethyl adjacent to an activating group) is 1. The summed E-state index contributed by atoms with van der Waals surface area (Å²) in [6.07, 6.45) is 3.12. The van der Waals surface area contributed by atoms with E-state index in [1.165, 1.54) is 5.56 Å². The van der Waals surface area contributed by atoms with Crippen molar-refractivity contribution in [1.82, 2.24) is 15.2 Å². The number of hydrogen-bond donors (Lipinski definition) is 1. The summed E-state index contributed by atoms with van der Waals surface area (Å²) in [5.41, 5.74) is 2.35. The van der Waals surface area contributed by atoms with E-state index < -0.39 is 0 Å². The lowest BCUT2D eigenvalue weighted by Crippen LogP contribution is -2.22. The van der Waals surface area contributed by atoms with E-state index in [9.17, 15) is 0 Å². The van der Waals surface area contributed by atoms with Crippen LogP contribution in [0.3, 0.4) is 0 Å². The molecule has 0 spiro atoms. The Morgan fingerprint density at radius 2 is 2.22 bits per heavy atom. The molecule has 0 aliphatic carbocycles. The Kier molecular flexibility index (Phi) is 7.57. The summed E-state index contributed by atoms with van der Waals surface area (Å²) in [4.78, 5) is 6.69. The van der Waals surface area contributed by atoms with Crippen molar-refractivity contribution in [2.45, 2.75) is 26.4 Å². The van der Waals surface area contributed by atoms with Crippen LogP contribution in [0, 0.1) is 0 Å². The number of nitrogens with one attached hydrogen (secondary N) is 1. The summed E-state index contributed by atoms with van der Waals surface area (Å²) >= 11 is 0. The highest BCUT2D eigenvalue weighted by atomic mass is 16.5. The third kappa shape index (κ3) is 6.10. The van der Waals surface area contributed by atoms with Gasteiger partial charge < -0.3 is 10.1 Å². The predicted octanol–water partition coefficient (Wildman–Crippen LogP) is 1.66. The minimum absolute atomic E-state index is 0.759. The van der Waals surface area contributed by atoms with Gasteiger partial charge in [0, 0.05) is 32.9 Å². The standard InChI is InChI=1S/C14H25N3O/c1-4-7-15-10-13-5-6-14(16-11-13)12-17(2)8-9-18-3/h5-6,11,15H,4,7-10,12H2,1-3H3. The maximum atomic E-state index is 5.05. The van der Waals surface area contributed by atoms with Crippen LogP contribution in [0.1, 0.15) is 24.6 Å². The number of aromatic nitrogens is 1. The molecule has 0 saturated carbocycles. The highest BCUT2D eigenvalue weighted by Gasteiger charge is 2.01. The van der Waals surface area contributed by atoms with Crippen molar-refractivity contribution in [1.29, 1.82) is 0 Å². The van der Waals surface area contributed by atoms with Gasteiger partial charge in [-0.25, -0.2) is 0 Å². The van der Waals surface area contributed by atoms with Gasteiger partial charge in [0.15, 0.2) is 0 Å². The largest absolute Gasteiger partial charge is 0.383 e. The normalized spacial score (nSPS) is 11.1. The molecule has 4 nitrogen and oxygen atoms in total. The molecular weight excluding hydrogens is 226 g/mol. The van der Waals surface area contributed by atoms with Gasteiger partial charge in [0.1, 0.15) is 0 Å². The molecular formula is C14H25N3O. The molecule has 102 valence electrons. The summed E-state index contributed by atoms with van der Waals surface area (Å²) in [6, 6.07) is 4.25. The minimum Gasteiger partial charge on any atom is -0.383 e. The smallest absolute Gasteiger partial charge is 0.0589 e. The molecule has 4 heteroatoms. The number of hydrogen-bond acceptors (Lipinski definition) is 4. The molecule has 0 fully saturated rings. The number of ether oxygens (including phenoxy) is 1. The Morgan fingerprint density at radius 1 is 1.39 bits per heavy atom. The van der Waals surface area contributed by atoms with Gasteiger partial charge in [-0.1, -0.05) is 13.0 Å². The van der Waals surface area contributed by atoms with Crippen molar-refractivity contribution in [2.24, 2.45) is 0 Å². The molecule has 1 N–H and O–H groups in total. The fraction of sp³-hybridized carbons (Fsp3) is 0.643. The zero-order valence-electron chi connectivity index (χ0n) is 11.8. The molecule has 0 aliphatic heterocycles.